The average molecular weight is 351 g/mol. The molecule has 0 N–H and O–H groups in total. The number of likely N-dealkylation sites (tertiary alicyclic amines) is 1. The molecule has 1 unspecified atom stereocenters. The van der Waals surface area contributed by atoms with Crippen molar-refractivity contribution in [1.82, 2.24) is 24.2 Å². The van der Waals surface area contributed by atoms with Gasteiger partial charge in [-0.15, -0.1) is 0 Å². The van der Waals surface area contributed by atoms with Crippen LogP contribution in [-0.2, 0) is 20.6 Å². The first-order valence-electron chi connectivity index (χ1n) is 8.77. The highest BCUT2D eigenvalue weighted by molar-refractivity contribution is 5.77. The van der Waals surface area contributed by atoms with Crippen molar-refractivity contribution in [3.05, 3.63) is 68.6 Å². The molecular weight excluding hydrogens is 330 g/mol. The summed E-state index contributed by atoms with van der Waals surface area (Å²) in [7, 11) is 3.44. The van der Waals surface area contributed by atoms with Crippen LogP contribution in [0, 0.1) is 0 Å². The Labute approximate surface area is 150 Å². The van der Waals surface area contributed by atoms with Gasteiger partial charge >= 0.3 is 0 Å². The first-order valence-corrected chi connectivity index (χ1v) is 8.77. The van der Waals surface area contributed by atoms with Crippen LogP contribution < -0.4 is 11.1 Å². The molecule has 3 aromatic rings. The Morgan fingerprint density at radius 1 is 1.12 bits per heavy atom. The fourth-order valence-corrected chi connectivity index (χ4v) is 3.68. The second-order valence-electron chi connectivity index (χ2n) is 6.77. The van der Waals surface area contributed by atoms with Crippen molar-refractivity contribution in [2.45, 2.75) is 25.4 Å². The lowest BCUT2D eigenvalue weighted by molar-refractivity contribution is 0.230. The molecule has 1 atom stereocenters. The maximum absolute atomic E-state index is 12.7. The average Bonchev–Trinajstić information content (AvgIpc) is 3.09. The highest BCUT2D eigenvalue weighted by Gasteiger charge is 2.30. The van der Waals surface area contributed by atoms with Crippen molar-refractivity contribution in [3.63, 3.8) is 0 Å². The van der Waals surface area contributed by atoms with E-state index in [2.05, 4.69) is 10.00 Å². The molecule has 1 fully saturated rings. The first kappa shape index (κ1) is 16.7. The molecule has 1 aliphatic heterocycles. The lowest BCUT2D eigenvalue weighted by Crippen LogP contribution is -2.31. The molecule has 0 aliphatic carbocycles. The molecule has 0 saturated carbocycles. The number of benzene rings is 1. The van der Waals surface area contributed by atoms with Crippen LogP contribution >= 0.6 is 0 Å². The Kier molecular flexibility index (Phi) is 4.16. The Hall–Kier alpha value is -2.80. The molecule has 1 saturated heterocycles. The molecule has 3 heterocycles. The van der Waals surface area contributed by atoms with Gasteiger partial charge in [-0.1, -0.05) is 12.1 Å². The van der Waals surface area contributed by atoms with Gasteiger partial charge in [0.15, 0.2) is 0 Å². The van der Waals surface area contributed by atoms with Crippen molar-refractivity contribution in [2.75, 3.05) is 6.54 Å². The van der Waals surface area contributed by atoms with Crippen LogP contribution in [0.1, 0.15) is 30.4 Å². The number of aromatic nitrogens is 4. The van der Waals surface area contributed by atoms with Gasteiger partial charge in [-0.25, -0.2) is 9.67 Å². The van der Waals surface area contributed by atoms with Crippen LogP contribution in [0.3, 0.4) is 0 Å². The Morgan fingerprint density at radius 2 is 1.92 bits per heavy atom. The Balaban J connectivity index is 1.71. The van der Waals surface area contributed by atoms with E-state index in [0.717, 1.165) is 36.4 Å². The molecule has 7 nitrogen and oxygen atoms in total. The van der Waals surface area contributed by atoms with E-state index < -0.39 is 0 Å². The SMILES string of the molecule is Cn1nc(CN2CCCC2c2nc3ccccc3c(=O)n2C)ccc1=O. The molecule has 0 bridgehead atoms. The van der Waals surface area contributed by atoms with Gasteiger partial charge in [-0.05, 0) is 37.6 Å². The zero-order valence-corrected chi connectivity index (χ0v) is 14.9. The molecule has 1 aromatic carbocycles. The number of hydrogen-bond donors (Lipinski definition) is 0. The zero-order chi connectivity index (χ0) is 18.3. The second kappa shape index (κ2) is 6.49. The summed E-state index contributed by atoms with van der Waals surface area (Å²) in [6, 6.07) is 10.8. The molecule has 7 heteroatoms. The summed E-state index contributed by atoms with van der Waals surface area (Å²) in [5.74, 6) is 0.788. The fraction of sp³-hybridized carbons (Fsp3) is 0.368. The standard InChI is InChI=1S/C19H21N5O2/c1-22-18(20-15-7-4-3-6-14(15)19(22)26)16-8-5-11-24(16)12-13-9-10-17(25)23(2)21-13/h3-4,6-7,9-10,16H,5,8,11-12H2,1-2H3. The zero-order valence-electron chi connectivity index (χ0n) is 14.9. The molecule has 1 aliphatic rings. The Morgan fingerprint density at radius 3 is 2.73 bits per heavy atom. The van der Waals surface area contributed by atoms with Gasteiger partial charge in [0.05, 0.1) is 22.6 Å². The number of para-hydroxylation sites is 1. The third-order valence-electron chi connectivity index (χ3n) is 5.06. The summed E-state index contributed by atoms with van der Waals surface area (Å²) < 4.78 is 3.02. The monoisotopic (exact) mass is 351 g/mol. The minimum Gasteiger partial charge on any atom is -0.298 e. The minimum absolute atomic E-state index is 0.0160. The highest BCUT2D eigenvalue weighted by atomic mass is 16.1. The number of nitrogens with zero attached hydrogens (tertiary/aromatic N) is 5. The van der Waals surface area contributed by atoms with Crippen molar-refractivity contribution in [1.29, 1.82) is 0 Å². The van der Waals surface area contributed by atoms with E-state index in [9.17, 15) is 9.59 Å². The van der Waals surface area contributed by atoms with Crippen molar-refractivity contribution >= 4 is 10.9 Å². The van der Waals surface area contributed by atoms with Crippen molar-refractivity contribution in [2.24, 2.45) is 14.1 Å². The van der Waals surface area contributed by atoms with E-state index in [-0.39, 0.29) is 17.2 Å². The smallest absolute Gasteiger partial charge is 0.266 e. The normalized spacial score (nSPS) is 17.8. The van der Waals surface area contributed by atoms with Gasteiger partial charge in [0.25, 0.3) is 11.1 Å². The highest BCUT2D eigenvalue weighted by Crippen LogP contribution is 2.31. The molecule has 0 radical (unpaired) electrons. The van der Waals surface area contributed by atoms with E-state index >= 15 is 0 Å². The van der Waals surface area contributed by atoms with Crippen molar-refractivity contribution in [3.8, 4) is 0 Å². The molecule has 4 rings (SSSR count). The lowest BCUT2D eigenvalue weighted by atomic mass is 10.1. The number of aryl methyl sites for hydroxylation is 1. The predicted octanol–water partition coefficient (Wildman–Crippen LogP) is 1.36. The van der Waals surface area contributed by atoms with Gasteiger partial charge in [-0.2, -0.15) is 5.10 Å². The number of fused-ring (bicyclic) bond motifs is 1. The van der Waals surface area contributed by atoms with Crippen molar-refractivity contribution < 1.29 is 0 Å². The van der Waals surface area contributed by atoms with Crippen LogP contribution in [0.5, 0.6) is 0 Å². The van der Waals surface area contributed by atoms with Gasteiger partial charge in [0.2, 0.25) is 0 Å². The van der Waals surface area contributed by atoms with Crippen LogP contribution in [0.2, 0.25) is 0 Å². The largest absolute Gasteiger partial charge is 0.298 e. The molecule has 134 valence electrons. The number of rotatable bonds is 3. The lowest BCUT2D eigenvalue weighted by Gasteiger charge is -2.25. The predicted molar refractivity (Wildman–Crippen MR) is 98.8 cm³/mol. The van der Waals surface area contributed by atoms with Gasteiger partial charge in [0.1, 0.15) is 5.82 Å². The summed E-state index contributed by atoms with van der Waals surface area (Å²) in [6.07, 6.45) is 1.99. The third kappa shape index (κ3) is 2.84. The summed E-state index contributed by atoms with van der Waals surface area (Å²) >= 11 is 0. The van der Waals surface area contributed by atoms with E-state index in [0.29, 0.717) is 11.9 Å². The topological polar surface area (TPSA) is 73.0 Å². The first-order chi connectivity index (χ1) is 12.5. The molecule has 0 amide bonds. The van der Waals surface area contributed by atoms with Gasteiger partial charge in [-0.3, -0.25) is 19.1 Å². The van der Waals surface area contributed by atoms with Crippen LogP contribution in [0.4, 0.5) is 0 Å². The quantitative estimate of drug-likeness (QED) is 0.712. The minimum atomic E-state index is -0.120. The molecule has 2 aromatic heterocycles. The maximum Gasteiger partial charge on any atom is 0.266 e. The molecular formula is C19H21N5O2. The fourth-order valence-electron chi connectivity index (χ4n) is 3.68. The van der Waals surface area contributed by atoms with E-state index in [1.165, 1.54) is 10.7 Å². The van der Waals surface area contributed by atoms with E-state index in [1.807, 2.05) is 24.3 Å². The maximum atomic E-state index is 12.7. The Bertz CT molecular complexity index is 1090. The summed E-state index contributed by atoms with van der Waals surface area (Å²) in [4.78, 5) is 31.3. The van der Waals surface area contributed by atoms with Gasteiger partial charge in [0, 0.05) is 26.7 Å². The molecule has 0 spiro atoms. The van der Waals surface area contributed by atoms with Crippen LogP contribution in [0.15, 0.2) is 46.0 Å². The molecule has 26 heavy (non-hydrogen) atoms. The van der Waals surface area contributed by atoms with Crippen LogP contribution in [0.25, 0.3) is 10.9 Å². The van der Waals surface area contributed by atoms with Crippen LogP contribution in [-0.4, -0.2) is 30.8 Å². The summed E-state index contributed by atoms with van der Waals surface area (Å²) in [6.45, 7) is 1.54. The second-order valence-corrected chi connectivity index (χ2v) is 6.77. The third-order valence-corrected chi connectivity index (χ3v) is 5.06. The van der Waals surface area contributed by atoms with Gasteiger partial charge < -0.3 is 0 Å². The summed E-state index contributed by atoms with van der Waals surface area (Å²) in [5.41, 5.74) is 1.44. The summed E-state index contributed by atoms with van der Waals surface area (Å²) in [5, 5.41) is 4.97. The van der Waals surface area contributed by atoms with E-state index in [1.54, 1.807) is 24.7 Å². The number of hydrogen-bond acceptors (Lipinski definition) is 5. The van der Waals surface area contributed by atoms with E-state index in [4.69, 9.17) is 4.98 Å².